The number of hydrogen-bond acceptors (Lipinski definition) is 4. The van der Waals surface area contributed by atoms with Crippen molar-refractivity contribution in [3.05, 3.63) is 46.3 Å². The molecule has 132 valence electrons. The van der Waals surface area contributed by atoms with Gasteiger partial charge in [0.15, 0.2) is 5.69 Å². The summed E-state index contributed by atoms with van der Waals surface area (Å²) < 4.78 is 5.43. The predicted octanol–water partition coefficient (Wildman–Crippen LogP) is 3.42. The van der Waals surface area contributed by atoms with Gasteiger partial charge in [-0.05, 0) is 43.0 Å². The van der Waals surface area contributed by atoms with Crippen LogP contribution in [0.1, 0.15) is 35.2 Å². The topological polar surface area (TPSA) is 49.6 Å². The SMILES string of the molecule is CC1CCc2onc(C(=O)N3CCN(c4ccc(Cl)cc4)CC3)c2C1. The minimum Gasteiger partial charge on any atom is -0.368 e. The standard InChI is InChI=1S/C19H22ClN3O2/c1-13-2-7-17-16(12-13)18(21-25-17)19(24)23-10-8-22(9-11-23)15-5-3-14(20)4-6-15/h3-6,13H,2,7-12H2,1H3. The molecule has 0 radical (unpaired) electrons. The molecule has 6 heteroatoms. The molecule has 1 amide bonds. The van der Waals surface area contributed by atoms with Crippen molar-refractivity contribution in [1.82, 2.24) is 10.1 Å². The van der Waals surface area contributed by atoms with Gasteiger partial charge in [0.2, 0.25) is 0 Å². The number of benzene rings is 1. The summed E-state index contributed by atoms with van der Waals surface area (Å²) in [6, 6.07) is 7.85. The minimum atomic E-state index is 0.00913. The average Bonchev–Trinajstić information content (AvgIpc) is 3.05. The van der Waals surface area contributed by atoms with Crippen molar-refractivity contribution in [3.8, 4) is 0 Å². The Hall–Kier alpha value is -2.01. The number of amides is 1. The number of aryl methyl sites for hydroxylation is 1. The molecule has 2 heterocycles. The van der Waals surface area contributed by atoms with Crippen molar-refractivity contribution in [3.63, 3.8) is 0 Å². The van der Waals surface area contributed by atoms with Crippen LogP contribution in [0.2, 0.25) is 5.02 Å². The van der Waals surface area contributed by atoms with E-state index in [2.05, 4.69) is 17.0 Å². The van der Waals surface area contributed by atoms with Crippen molar-refractivity contribution in [2.24, 2.45) is 5.92 Å². The molecule has 0 bridgehead atoms. The summed E-state index contributed by atoms with van der Waals surface area (Å²) in [5.41, 5.74) is 2.70. The van der Waals surface area contributed by atoms with E-state index in [9.17, 15) is 4.79 Å². The second-order valence-electron chi connectivity index (χ2n) is 7.04. The van der Waals surface area contributed by atoms with Gasteiger partial charge < -0.3 is 14.3 Å². The Labute approximate surface area is 152 Å². The zero-order chi connectivity index (χ0) is 17.4. The molecular formula is C19H22ClN3O2. The zero-order valence-electron chi connectivity index (χ0n) is 14.4. The number of hydrogen-bond donors (Lipinski definition) is 0. The fourth-order valence-electron chi connectivity index (χ4n) is 3.72. The van der Waals surface area contributed by atoms with Crippen LogP contribution >= 0.6 is 11.6 Å². The Bertz CT molecular complexity index is 763. The van der Waals surface area contributed by atoms with Crippen LogP contribution in [0.4, 0.5) is 5.69 Å². The van der Waals surface area contributed by atoms with Crippen molar-refractivity contribution < 1.29 is 9.32 Å². The molecule has 1 aliphatic carbocycles. The van der Waals surface area contributed by atoms with Gasteiger partial charge in [0.05, 0.1) is 0 Å². The Morgan fingerprint density at radius 2 is 1.92 bits per heavy atom. The molecule has 1 unspecified atom stereocenters. The Balaban J connectivity index is 1.43. The number of piperazine rings is 1. The lowest BCUT2D eigenvalue weighted by molar-refractivity contribution is 0.0735. The number of carbonyl (C=O) groups excluding carboxylic acids is 1. The molecule has 1 aromatic heterocycles. The molecule has 0 N–H and O–H groups in total. The molecule has 2 aromatic rings. The van der Waals surface area contributed by atoms with Gasteiger partial charge in [-0.1, -0.05) is 23.7 Å². The third kappa shape index (κ3) is 3.25. The lowest BCUT2D eigenvalue weighted by Crippen LogP contribution is -2.49. The van der Waals surface area contributed by atoms with Gasteiger partial charge in [-0.3, -0.25) is 4.79 Å². The summed E-state index contributed by atoms with van der Waals surface area (Å²) >= 11 is 5.95. The average molecular weight is 360 g/mol. The van der Waals surface area contributed by atoms with Gasteiger partial charge >= 0.3 is 0 Å². The maximum Gasteiger partial charge on any atom is 0.276 e. The Morgan fingerprint density at radius 3 is 2.64 bits per heavy atom. The second kappa shape index (κ2) is 6.71. The molecule has 0 spiro atoms. The van der Waals surface area contributed by atoms with E-state index in [0.29, 0.717) is 24.7 Å². The summed E-state index contributed by atoms with van der Waals surface area (Å²) in [4.78, 5) is 17.1. The number of anilines is 1. The molecule has 1 saturated heterocycles. The number of fused-ring (bicyclic) bond motifs is 1. The first kappa shape index (κ1) is 16.5. The summed E-state index contributed by atoms with van der Waals surface area (Å²) in [5.74, 6) is 1.50. The van der Waals surface area contributed by atoms with Crippen molar-refractivity contribution >= 4 is 23.2 Å². The van der Waals surface area contributed by atoms with Crippen LogP contribution in [0, 0.1) is 5.92 Å². The highest BCUT2D eigenvalue weighted by Gasteiger charge is 2.31. The molecule has 1 aliphatic heterocycles. The van der Waals surface area contributed by atoms with Gasteiger partial charge in [0.1, 0.15) is 5.76 Å². The first-order valence-corrected chi connectivity index (χ1v) is 9.27. The first-order chi connectivity index (χ1) is 12.1. The fraction of sp³-hybridized carbons (Fsp3) is 0.474. The zero-order valence-corrected chi connectivity index (χ0v) is 15.1. The number of nitrogens with zero attached hydrogens (tertiary/aromatic N) is 3. The van der Waals surface area contributed by atoms with E-state index in [1.165, 1.54) is 0 Å². The molecule has 5 nitrogen and oxygen atoms in total. The van der Waals surface area contributed by atoms with E-state index in [-0.39, 0.29) is 5.91 Å². The summed E-state index contributed by atoms with van der Waals surface area (Å²) in [5, 5.41) is 4.84. The fourth-order valence-corrected chi connectivity index (χ4v) is 3.84. The monoisotopic (exact) mass is 359 g/mol. The van der Waals surface area contributed by atoms with Crippen molar-refractivity contribution in [1.29, 1.82) is 0 Å². The maximum absolute atomic E-state index is 12.9. The van der Waals surface area contributed by atoms with Gasteiger partial charge in [-0.15, -0.1) is 0 Å². The smallest absolute Gasteiger partial charge is 0.276 e. The second-order valence-corrected chi connectivity index (χ2v) is 7.47. The summed E-state index contributed by atoms with van der Waals surface area (Å²) in [6.07, 6.45) is 2.89. The van der Waals surface area contributed by atoms with E-state index in [1.807, 2.05) is 29.2 Å². The predicted molar refractivity (Wildman–Crippen MR) is 97.3 cm³/mol. The largest absolute Gasteiger partial charge is 0.368 e. The molecule has 2 aliphatic rings. The first-order valence-electron chi connectivity index (χ1n) is 8.89. The number of carbonyl (C=O) groups is 1. The normalized spacial score (nSPS) is 20.5. The van der Waals surface area contributed by atoms with E-state index >= 15 is 0 Å². The summed E-state index contributed by atoms with van der Waals surface area (Å²) in [7, 11) is 0. The molecule has 1 atom stereocenters. The quantitative estimate of drug-likeness (QED) is 0.824. The number of aromatic nitrogens is 1. The van der Waals surface area contributed by atoms with Crippen molar-refractivity contribution in [2.75, 3.05) is 31.1 Å². The minimum absolute atomic E-state index is 0.00913. The van der Waals surface area contributed by atoms with Crippen LogP contribution in [-0.4, -0.2) is 42.1 Å². The van der Waals surface area contributed by atoms with Gasteiger partial charge in [-0.25, -0.2) is 0 Å². The van der Waals surface area contributed by atoms with Crippen molar-refractivity contribution in [2.45, 2.75) is 26.2 Å². The highest BCUT2D eigenvalue weighted by Crippen LogP contribution is 2.29. The van der Waals surface area contributed by atoms with Crippen LogP contribution in [0.15, 0.2) is 28.8 Å². The van der Waals surface area contributed by atoms with Crippen LogP contribution in [0.3, 0.4) is 0 Å². The Morgan fingerprint density at radius 1 is 1.20 bits per heavy atom. The molecular weight excluding hydrogens is 338 g/mol. The van der Waals surface area contributed by atoms with E-state index in [1.54, 1.807) is 0 Å². The van der Waals surface area contributed by atoms with E-state index in [0.717, 1.165) is 54.4 Å². The maximum atomic E-state index is 12.9. The summed E-state index contributed by atoms with van der Waals surface area (Å²) in [6.45, 7) is 5.22. The molecule has 1 fully saturated rings. The number of halogens is 1. The number of rotatable bonds is 2. The van der Waals surface area contributed by atoms with E-state index in [4.69, 9.17) is 16.1 Å². The lowest BCUT2D eigenvalue weighted by atomic mass is 9.88. The van der Waals surface area contributed by atoms with Gasteiger partial charge in [0, 0.05) is 48.9 Å². The highest BCUT2D eigenvalue weighted by molar-refractivity contribution is 6.30. The third-order valence-electron chi connectivity index (χ3n) is 5.25. The van der Waals surface area contributed by atoms with Crippen LogP contribution in [-0.2, 0) is 12.8 Å². The molecule has 1 aromatic carbocycles. The molecule has 25 heavy (non-hydrogen) atoms. The molecule has 4 rings (SSSR count). The molecule has 0 saturated carbocycles. The van der Waals surface area contributed by atoms with Gasteiger partial charge in [-0.2, -0.15) is 0 Å². The van der Waals surface area contributed by atoms with Gasteiger partial charge in [0.25, 0.3) is 5.91 Å². The highest BCUT2D eigenvalue weighted by atomic mass is 35.5. The third-order valence-corrected chi connectivity index (χ3v) is 5.50. The Kier molecular flexibility index (Phi) is 4.42. The lowest BCUT2D eigenvalue weighted by Gasteiger charge is -2.36. The van der Waals surface area contributed by atoms with Crippen LogP contribution in [0.5, 0.6) is 0 Å². The van der Waals surface area contributed by atoms with E-state index < -0.39 is 0 Å². The van der Waals surface area contributed by atoms with Crippen LogP contribution < -0.4 is 4.90 Å². The van der Waals surface area contributed by atoms with Crippen LogP contribution in [0.25, 0.3) is 0 Å².